The van der Waals surface area contributed by atoms with E-state index in [0.717, 1.165) is 11.6 Å². The predicted molar refractivity (Wildman–Crippen MR) is 96.2 cm³/mol. The van der Waals surface area contributed by atoms with Gasteiger partial charge in [-0.25, -0.2) is 4.68 Å². The number of anilines is 1. The Kier molecular flexibility index (Phi) is 4.12. The third kappa shape index (κ3) is 2.83. The van der Waals surface area contributed by atoms with Gasteiger partial charge in [-0.2, -0.15) is 18.3 Å². The van der Waals surface area contributed by atoms with Gasteiger partial charge in [0.1, 0.15) is 5.82 Å². The largest absolute Gasteiger partial charge is 0.417 e. The van der Waals surface area contributed by atoms with E-state index in [4.69, 9.17) is 23.2 Å². The van der Waals surface area contributed by atoms with Crippen LogP contribution in [0, 0.1) is 0 Å². The molecule has 0 aliphatic carbocycles. The molecule has 1 aromatic heterocycles. The van der Waals surface area contributed by atoms with Gasteiger partial charge in [-0.1, -0.05) is 41.4 Å². The van der Waals surface area contributed by atoms with Gasteiger partial charge in [-0.15, -0.1) is 0 Å². The van der Waals surface area contributed by atoms with Crippen molar-refractivity contribution >= 4 is 29.0 Å². The highest BCUT2D eigenvalue weighted by molar-refractivity contribution is 6.42. The van der Waals surface area contributed by atoms with Crippen molar-refractivity contribution in [1.29, 1.82) is 0 Å². The summed E-state index contributed by atoms with van der Waals surface area (Å²) in [6.07, 6.45) is -3.86. The van der Waals surface area contributed by atoms with Gasteiger partial charge in [0.2, 0.25) is 0 Å². The Balaban J connectivity index is 1.92. The molecule has 0 saturated heterocycles. The van der Waals surface area contributed by atoms with Crippen LogP contribution < -0.4 is 5.32 Å². The second-order valence-corrected chi connectivity index (χ2v) is 6.72. The average molecular weight is 398 g/mol. The summed E-state index contributed by atoms with van der Waals surface area (Å²) in [5.74, 6) is 0.676. The number of halogens is 5. The summed E-state index contributed by atoms with van der Waals surface area (Å²) in [7, 11) is 0. The summed E-state index contributed by atoms with van der Waals surface area (Å²) < 4.78 is 41.9. The molecule has 0 fully saturated rings. The summed E-state index contributed by atoms with van der Waals surface area (Å²) in [4.78, 5) is 0. The molecule has 0 spiro atoms. The molecule has 8 heteroatoms. The maximum absolute atomic E-state index is 13.4. The highest BCUT2D eigenvalue weighted by Gasteiger charge is 2.35. The first-order valence-electron chi connectivity index (χ1n) is 7.84. The number of fused-ring (bicyclic) bond motifs is 1. The molecule has 1 N–H and O–H groups in total. The number of nitrogens with zero attached hydrogens (tertiary/aromatic N) is 2. The van der Waals surface area contributed by atoms with E-state index in [1.165, 1.54) is 12.1 Å². The Morgan fingerprint density at radius 2 is 1.81 bits per heavy atom. The van der Waals surface area contributed by atoms with E-state index in [1.807, 2.05) is 0 Å². The van der Waals surface area contributed by atoms with Gasteiger partial charge in [0.05, 0.1) is 27.0 Å². The van der Waals surface area contributed by atoms with Gasteiger partial charge in [0, 0.05) is 17.7 Å². The SMILES string of the molecule is FC(F)(F)c1ccccc1-c1nn(-c2ccc(Cl)c(Cl)c2)c2c1CCN2. The summed E-state index contributed by atoms with van der Waals surface area (Å²) in [6, 6.07) is 10.5. The Hall–Kier alpha value is -2.18. The van der Waals surface area contributed by atoms with E-state index in [0.29, 0.717) is 40.2 Å². The first-order chi connectivity index (χ1) is 12.4. The molecule has 0 saturated carbocycles. The van der Waals surface area contributed by atoms with Gasteiger partial charge in [-0.05, 0) is 30.7 Å². The molecule has 0 amide bonds. The van der Waals surface area contributed by atoms with Crippen LogP contribution in [-0.4, -0.2) is 16.3 Å². The minimum absolute atomic E-state index is 0.0683. The molecule has 0 bridgehead atoms. The Labute approximate surface area is 157 Å². The van der Waals surface area contributed by atoms with Crippen LogP contribution in [0.3, 0.4) is 0 Å². The standard InChI is InChI=1S/C18H12Cl2F3N3/c19-14-6-5-10(9-15(14)20)26-17-12(7-8-24-17)16(25-26)11-3-1-2-4-13(11)18(21,22)23/h1-6,9,24H,7-8H2. The maximum Gasteiger partial charge on any atom is 0.417 e. The number of rotatable bonds is 2. The van der Waals surface area contributed by atoms with E-state index in [2.05, 4.69) is 10.4 Å². The van der Waals surface area contributed by atoms with Crippen molar-refractivity contribution in [2.75, 3.05) is 11.9 Å². The van der Waals surface area contributed by atoms with Crippen LogP contribution in [0.1, 0.15) is 11.1 Å². The quantitative estimate of drug-likeness (QED) is 0.589. The molecular formula is C18H12Cl2F3N3. The van der Waals surface area contributed by atoms with Crippen LogP contribution in [0.25, 0.3) is 16.9 Å². The summed E-state index contributed by atoms with van der Waals surface area (Å²) in [6.45, 7) is 0.635. The lowest BCUT2D eigenvalue weighted by Gasteiger charge is -2.11. The molecule has 2 heterocycles. The highest BCUT2D eigenvalue weighted by Crippen LogP contribution is 2.41. The van der Waals surface area contributed by atoms with Crippen LogP contribution in [0.2, 0.25) is 10.0 Å². The molecular weight excluding hydrogens is 386 g/mol. The number of benzene rings is 2. The molecule has 0 atom stereocenters. The second kappa shape index (κ2) is 6.21. The molecule has 26 heavy (non-hydrogen) atoms. The molecule has 0 unspecified atom stereocenters. The van der Waals surface area contributed by atoms with Gasteiger partial charge in [0.25, 0.3) is 0 Å². The van der Waals surface area contributed by atoms with Crippen LogP contribution in [0.15, 0.2) is 42.5 Å². The summed E-state index contributed by atoms with van der Waals surface area (Å²) >= 11 is 12.0. The number of aromatic nitrogens is 2. The van der Waals surface area contributed by atoms with E-state index in [1.54, 1.807) is 28.9 Å². The van der Waals surface area contributed by atoms with Crippen LogP contribution >= 0.6 is 23.2 Å². The van der Waals surface area contributed by atoms with E-state index >= 15 is 0 Å². The van der Waals surface area contributed by atoms with Crippen molar-refractivity contribution in [3.63, 3.8) is 0 Å². The lowest BCUT2D eigenvalue weighted by Crippen LogP contribution is -2.08. The van der Waals surface area contributed by atoms with Crippen molar-refractivity contribution < 1.29 is 13.2 Å². The number of alkyl halides is 3. The second-order valence-electron chi connectivity index (χ2n) is 5.91. The monoisotopic (exact) mass is 397 g/mol. The molecule has 3 aromatic rings. The Morgan fingerprint density at radius 3 is 2.54 bits per heavy atom. The van der Waals surface area contributed by atoms with Gasteiger partial charge in [0.15, 0.2) is 0 Å². The first-order valence-corrected chi connectivity index (χ1v) is 8.59. The third-order valence-electron chi connectivity index (χ3n) is 4.29. The number of hydrogen-bond acceptors (Lipinski definition) is 2. The van der Waals surface area contributed by atoms with Gasteiger partial charge < -0.3 is 5.32 Å². The predicted octanol–water partition coefficient (Wildman–Crippen LogP) is 5.83. The van der Waals surface area contributed by atoms with Crippen molar-refractivity contribution in [3.8, 4) is 16.9 Å². The van der Waals surface area contributed by atoms with E-state index < -0.39 is 11.7 Å². The molecule has 134 valence electrons. The molecule has 1 aliphatic heterocycles. The fourth-order valence-corrected chi connectivity index (χ4v) is 3.42. The first kappa shape index (κ1) is 17.2. The summed E-state index contributed by atoms with van der Waals surface area (Å²) in [5, 5.41) is 8.41. The molecule has 3 nitrogen and oxygen atoms in total. The van der Waals surface area contributed by atoms with Crippen LogP contribution in [0.5, 0.6) is 0 Å². The minimum Gasteiger partial charge on any atom is -0.369 e. The fraction of sp³-hybridized carbons (Fsp3) is 0.167. The highest BCUT2D eigenvalue weighted by atomic mass is 35.5. The molecule has 1 aliphatic rings. The number of hydrogen-bond donors (Lipinski definition) is 1. The topological polar surface area (TPSA) is 29.9 Å². The third-order valence-corrected chi connectivity index (χ3v) is 5.03. The van der Waals surface area contributed by atoms with Crippen molar-refractivity contribution in [2.45, 2.75) is 12.6 Å². The Bertz CT molecular complexity index is 996. The number of nitrogens with one attached hydrogen (secondary N) is 1. The average Bonchev–Trinajstić information content (AvgIpc) is 3.19. The van der Waals surface area contributed by atoms with Gasteiger partial charge in [-0.3, -0.25) is 0 Å². The molecule has 0 radical (unpaired) electrons. The van der Waals surface area contributed by atoms with E-state index in [9.17, 15) is 13.2 Å². The summed E-state index contributed by atoms with van der Waals surface area (Å²) in [5.41, 5.74) is 1.07. The fourth-order valence-electron chi connectivity index (χ4n) is 3.13. The lowest BCUT2D eigenvalue weighted by molar-refractivity contribution is -0.137. The van der Waals surface area contributed by atoms with Crippen molar-refractivity contribution in [3.05, 3.63) is 63.6 Å². The van der Waals surface area contributed by atoms with Gasteiger partial charge >= 0.3 is 6.18 Å². The minimum atomic E-state index is -4.46. The molecule has 4 rings (SSSR count). The van der Waals surface area contributed by atoms with Crippen LogP contribution in [-0.2, 0) is 12.6 Å². The van der Waals surface area contributed by atoms with Crippen LogP contribution in [0.4, 0.5) is 19.0 Å². The van der Waals surface area contributed by atoms with Crippen molar-refractivity contribution in [1.82, 2.24) is 9.78 Å². The smallest absolute Gasteiger partial charge is 0.369 e. The lowest BCUT2D eigenvalue weighted by atomic mass is 10.0. The zero-order valence-electron chi connectivity index (χ0n) is 13.2. The molecule has 2 aromatic carbocycles. The maximum atomic E-state index is 13.4. The van der Waals surface area contributed by atoms with E-state index in [-0.39, 0.29) is 5.56 Å². The zero-order chi connectivity index (χ0) is 18.5. The van der Waals surface area contributed by atoms with Crippen molar-refractivity contribution in [2.24, 2.45) is 0 Å². The Morgan fingerprint density at radius 1 is 1.04 bits per heavy atom. The normalized spacial score (nSPS) is 13.6. The zero-order valence-corrected chi connectivity index (χ0v) is 14.8.